The molecule has 1 aromatic rings. The first-order valence-electron chi connectivity index (χ1n) is 6.30. The SMILES string of the molecule is CCNC(=O)CNC(=O)COC(=O)c1cccc(C)c1. The van der Waals surface area contributed by atoms with Crippen molar-refractivity contribution in [3.8, 4) is 0 Å². The number of amides is 2. The van der Waals surface area contributed by atoms with E-state index in [1.54, 1.807) is 25.1 Å². The summed E-state index contributed by atoms with van der Waals surface area (Å²) in [6, 6.07) is 6.88. The normalized spacial score (nSPS) is 9.70. The van der Waals surface area contributed by atoms with Crippen molar-refractivity contribution >= 4 is 17.8 Å². The van der Waals surface area contributed by atoms with E-state index in [0.29, 0.717) is 12.1 Å². The summed E-state index contributed by atoms with van der Waals surface area (Å²) in [5.41, 5.74) is 1.32. The van der Waals surface area contributed by atoms with E-state index in [9.17, 15) is 14.4 Å². The number of hydrogen-bond acceptors (Lipinski definition) is 4. The fraction of sp³-hybridized carbons (Fsp3) is 0.357. The van der Waals surface area contributed by atoms with Gasteiger partial charge in [0.15, 0.2) is 6.61 Å². The highest BCUT2D eigenvalue weighted by molar-refractivity contribution is 5.92. The summed E-state index contributed by atoms with van der Waals surface area (Å²) < 4.78 is 4.85. The molecule has 2 N–H and O–H groups in total. The molecule has 6 nitrogen and oxygen atoms in total. The zero-order chi connectivity index (χ0) is 15.0. The van der Waals surface area contributed by atoms with E-state index < -0.39 is 18.5 Å². The summed E-state index contributed by atoms with van der Waals surface area (Å²) in [5.74, 6) is -1.37. The van der Waals surface area contributed by atoms with Crippen molar-refractivity contribution in [3.63, 3.8) is 0 Å². The van der Waals surface area contributed by atoms with E-state index >= 15 is 0 Å². The molecule has 0 atom stereocenters. The Balaban J connectivity index is 2.34. The number of hydrogen-bond donors (Lipinski definition) is 2. The molecule has 2 amide bonds. The third kappa shape index (κ3) is 5.51. The molecule has 0 radical (unpaired) electrons. The van der Waals surface area contributed by atoms with Crippen LogP contribution in [-0.2, 0) is 14.3 Å². The van der Waals surface area contributed by atoms with Crippen molar-refractivity contribution in [2.75, 3.05) is 19.7 Å². The average molecular weight is 278 g/mol. The quantitative estimate of drug-likeness (QED) is 0.738. The van der Waals surface area contributed by atoms with Gasteiger partial charge in [0.2, 0.25) is 5.91 Å². The third-order valence-corrected chi connectivity index (χ3v) is 2.41. The van der Waals surface area contributed by atoms with E-state index in [2.05, 4.69) is 10.6 Å². The molecule has 108 valence electrons. The van der Waals surface area contributed by atoms with E-state index in [-0.39, 0.29) is 12.5 Å². The van der Waals surface area contributed by atoms with Gasteiger partial charge in [-0.1, -0.05) is 17.7 Å². The Kier molecular flexibility index (Phi) is 6.22. The first-order chi connectivity index (χ1) is 9.52. The van der Waals surface area contributed by atoms with Crippen molar-refractivity contribution < 1.29 is 19.1 Å². The summed E-state index contributed by atoms with van der Waals surface area (Å²) in [4.78, 5) is 34.2. The lowest BCUT2D eigenvalue weighted by atomic mass is 10.1. The van der Waals surface area contributed by atoms with E-state index in [4.69, 9.17) is 4.74 Å². The first kappa shape index (κ1) is 15.7. The van der Waals surface area contributed by atoms with Crippen molar-refractivity contribution in [2.24, 2.45) is 0 Å². The minimum atomic E-state index is -0.568. The lowest BCUT2D eigenvalue weighted by Gasteiger charge is -2.07. The van der Waals surface area contributed by atoms with Gasteiger partial charge in [-0.15, -0.1) is 0 Å². The largest absolute Gasteiger partial charge is 0.452 e. The molecule has 0 unspecified atom stereocenters. The van der Waals surface area contributed by atoms with E-state index in [0.717, 1.165) is 5.56 Å². The summed E-state index contributed by atoms with van der Waals surface area (Å²) in [6.45, 7) is 3.59. The van der Waals surface area contributed by atoms with Crippen molar-refractivity contribution in [3.05, 3.63) is 35.4 Å². The molecule has 0 saturated heterocycles. The van der Waals surface area contributed by atoms with Crippen LogP contribution in [-0.4, -0.2) is 37.5 Å². The second kappa shape index (κ2) is 7.93. The molecule has 1 aromatic carbocycles. The Morgan fingerprint density at radius 2 is 1.90 bits per heavy atom. The Morgan fingerprint density at radius 1 is 1.15 bits per heavy atom. The van der Waals surface area contributed by atoms with Crippen LogP contribution in [0.25, 0.3) is 0 Å². The van der Waals surface area contributed by atoms with Gasteiger partial charge in [0.05, 0.1) is 12.1 Å². The Labute approximate surface area is 117 Å². The summed E-state index contributed by atoms with van der Waals surface area (Å²) in [5, 5.41) is 4.89. The number of nitrogens with one attached hydrogen (secondary N) is 2. The number of aryl methyl sites for hydroxylation is 1. The lowest BCUT2D eigenvalue weighted by Crippen LogP contribution is -2.38. The number of benzene rings is 1. The highest BCUT2D eigenvalue weighted by atomic mass is 16.5. The monoisotopic (exact) mass is 278 g/mol. The zero-order valence-corrected chi connectivity index (χ0v) is 11.6. The van der Waals surface area contributed by atoms with Gasteiger partial charge in [-0.2, -0.15) is 0 Å². The van der Waals surface area contributed by atoms with Crippen LogP contribution in [0.15, 0.2) is 24.3 Å². The van der Waals surface area contributed by atoms with Crippen LogP contribution >= 0.6 is 0 Å². The molecule has 0 fully saturated rings. The van der Waals surface area contributed by atoms with Crippen LogP contribution in [0.4, 0.5) is 0 Å². The second-order valence-electron chi connectivity index (χ2n) is 4.18. The van der Waals surface area contributed by atoms with Gasteiger partial charge >= 0.3 is 5.97 Å². The summed E-state index contributed by atoms with van der Waals surface area (Å²) in [7, 11) is 0. The standard InChI is InChI=1S/C14H18N2O4/c1-3-15-12(17)8-16-13(18)9-20-14(19)11-6-4-5-10(2)7-11/h4-7H,3,8-9H2,1-2H3,(H,15,17)(H,16,18). The zero-order valence-electron chi connectivity index (χ0n) is 11.6. The molecule has 1 rings (SSSR count). The predicted molar refractivity (Wildman–Crippen MR) is 73.2 cm³/mol. The Morgan fingerprint density at radius 3 is 2.55 bits per heavy atom. The van der Waals surface area contributed by atoms with Gasteiger partial charge in [0.1, 0.15) is 0 Å². The lowest BCUT2D eigenvalue weighted by molar-refractivity contribution is -0.127. The number of esters is 1. The highest BCUT2D eigenvalue weighted by Crippen LogP contribution is 2.05. The van der Waals surface area contributed by atoms with Gasteiger partial charge in [0, 0.05) is 6.54 Å². The molecule has 0 saturated carbocycles. The fourth-order valence-corrected chi connectivity index (χ4v) is 1.48. The number of carbonyl (C=O) groups is 3. The molecule has 0 aliphatic heterocycles. The van der Waals surface area contributed by atoms with Crippen LogP contribution in [0.3, 0.4) is 0 Å². The summed E-state index contributed by atoms with van der Waals surface area (Å²) >= 11 is 0. The van der Waals surface area contributed by atoms with Crippen LogP contribution in [0.2, 0.25) is 0 Å². The third-order valence-electron chi connectivity index (χ3n) is 2.41. The maximum Gasteiger partial charge on any atom is 0.338 e. The molecular weight excluding hydrogens is 260 g/mol. The van der Waals surface area contributed by atoms with Crippen LogP contribution in [0.5, 0.6) is 0 Å². The van der Waals surface area contributed by atoms with Gasteiger partial charge < -0.3 is 15.4 Å². The summed E-state index contributed by atoms with van der Waals surface area (Å²) in [6.07, 6.45) is 0. The van der Waals surface area contributed by atoms with Crippen LogP contribution < -0.4 is 10.6 Å². The van der Waals surface area contributed by atoms with Gasteiger partial charge in [-0.3, -0.25) is 9.59 Å². The Hall–Kier alpha value is -2.37. The molecule has 6 heteroatoms. The molecule has 0 aliphatic carbocycles. The fourth-order valence-electron chi connectivity index (χ4n) is 1.48. The number of likely N-dealkylation sites (N-methyl/N-ethyl adjacent to an activating group) is 1. The van der Waals surface area contributed by atoms with E-state index in [1.807, 2.05) is 13.0 Å². The van der Waals surface area contributed by atoms with Gasteiger partial charge in [-0.25, -0.2) is 4.79 Å². The van der Waals surface area contributed by atoms with Crippen LogP contribution in [0.1, 0.15) is 22.8 Å². The Bertz CT molecular complexity index is 500. The molecule has 0 aliphatic rings. The van der Waals surface area contributed by atoms with Crippen LogP contribution in [0, 0.1) is 6.92 Å². The number of carbonyl (C=O) groups excluding carboxylic acids is 3. The molecular formula is C14H18N2O4. The van der Waals surface area contributed by atoms with Gasteiger partial charge in [0.25, 0.3) is 5.91 Å². The second-order valence-corrected chi connectivity index (χ2v) is 4.18. The minimum Gasteiger partial charge on any atom is -0.452 e. The molecule has 0 heterocycles. The van der Waals surface area contributed by atoms with Crippen molar-refractivity contribution in [1.29, 1.82) is 0 Å². The van der Waals surface area contributed by atoms with Gasteiger partial charge in [-0.05, 0) is 26.0 Å². The molecule has 0 bridgehead atoms. The molecule has 0 spiro atoms. The first-order valence-corrected chi connectivity index (χ1v) is 6.30. The van der Waals surface area contributed by atoms with Crippen molar-refractivity contribution in [1.82, 2.24) is 10.6 Å². The van der Waals surface area contributed by atoms with E-state index in [1.165, 1.54) is 0 Å². The minimum absolute atomic E-state index is 0.130. The smallest absolute Gasteiger partial charge is 0.338 e. The molecule has 0 aromatic heterocycles. The topological polar surface area (TPSA) is 84.5 Å². The average Bonchev–Trinajstić information content (AvgIpc) is 2.43. The van der Waals surface area contributed by atoms with Crippen molar-refractivity contribution in [2.45, 2.75) is 13.8 Å². The highest BCUT2D eigenvalue weighted by Gasteiger charge is 2.10. The number of ether oxygens (including phenoxy) is 1. The maximum atomic E-state index is 11.7. The predicted octanol–water partition coefficient (Wildman–Crippen LogP) is 0.404. The molecule has 20 heavy (non-hydrogen) atoms. The number of rotatable bonds is 6. The maximum absolute atomic E-state index is 11.7.